The molecule has 0 aliphatic heterocycles. The molecule has 1 aromatic rings. The number of hydrogen-bond acceptors (Lipinski definition) is 1. The van der Waals surface area contributed by atoms with Crippen molar-refractivity contribution in [1.29, 1.82) is 0 Å². The quantitative estimate of drug-likeness (QED) is 0.831. The summed E-state index contributed by atoms with van der Waals surface area (Å²) in [5, 5.41) is 3.71. The van der Waals surface area contributed by atoms with Gasteiger partial charge in [0.1, 0.15) is 0 Å². The summed E-state index contributed by atoms with van der Waals surface area (Å²) >= 11 is 0. The Morgan fingerprint density at radius 1 is 1.11 bits per heavy atom. The largest absolute Gasteiger partial charge is 0.311 e. The third-order valence-corrected chi connectivity index (χ3v) is 4.31. The summed E-state index contributed by atoms with van der Waals surface area (Å²) in [6.07, 6.45) is 3.92. The molecule has 1 aliphatic carbocycles. The summed E-state index contributed by atoms with van der Waals surface area (Å²) in [5.41, 5.74) is 3.14. The molecule has 1 fully saturated rings. The van der Waals surface area contributed by atoms with Gasteiger partial charge in [-0.15, -0.1) is 0 Å². The maximum Gasteiger partial charge on any atom is 0.00708 e. The van der Waals surface area contributed by atoms with Crippen LogP contribution in [0.5, 0.6) is 0 Å². The van der Waals surface area contributed by atoms with Crippen molar-refractivity contribution in [3.63, 3.8) is 0 Å². The molecular formula is C18H29N. The molecule has 1 heteroatoms. The van der Waals surface area contributed by atoms with E-state index in [9.17, 15) is 0 Å². The van der Waals surface area contributed by atoms with Crippen LogP contribution in [0.25, 0.3) is 0 Å². The normalized spacial score (nSPS) is 19.2. The maximum atomic E-state index is 3.71. The summed E-state index contributed by atoms with van der Waals surface area (Å²) < 4.78 is 0. The van der Waals surface area contributed by atoms with Gasteiger partial charge in [0.15, 0.2) is 0 Å². The van der Waals surface area contributed by atoms with Gasteiger partial charge in [-0.3, -0.25) is 0 Å². The van der Waals surface area contributed by atoms with Crippen molar-refractivity contribution in [2.24, 2.45) is 5.92 Å². The second-order valence-electron chi connectivity index (χ2n) is 7.36. The van der Waals surface area contributed by atoms with Crippen molar-refractivity contribution in [3.8, 4) is 0 Å². The van der Waals surface area contributed by atoms with E-state index >= 15 is 0 Å². The van der Waals surface area contributed by atoms with E-state index in [4.69, 9.17) is 0 Å². The van der Waals surface area contributed by atoms with E-state index in [2.05, 4.69) is 64.2 Å². The second kappa shape index (κ2) is 5.66. The van der Waals surface area contributed by atoms with E-state index in [1.54, 1.807) is 0 Å². The van der Waals surface area contributed by atoms with Crippen molar-refractivity contribution in [3.05, 3.63) is 35.4 Å². The van der Waals surface area contributed by atoms with Gasteiger partial charge in [-0.25, -0.2) is 0 Å². The molecule has 0 radical (unpaired) electrons. The Morgan fingerprint density at radius 3 is 2.16 bits per heavy atom. The predicted octanol–water partition coefficient (Wildman–Crippen LogP) is 4.30. The van der Waals surface area contributed by atoms with Crippen LogP contribution in [0.15, 0.2) is 24.3 Å². The molecule has 19 heavy (non-hydrogen) atoms. The van der Waals surface area contributed by atoms with E-state index in [1.165, 1.54) is 30.4 Å². The van der Waals surface area contributed by atoms with Crippen LogP contribution in [-0.4, -0.2) is 12.1 Å². The average molecular weight is 259 g/mol. The summed E-state index contributed by atoms with van der Waals surface area (Å²) in [7, 11) is 0. The first-order valence-corrected chi connectivity index (χ1v) is 7.72. The molecular weight excluding hydrogens is 230 g/mol. The average Bonchev–Trinajstić information content (AvgIpc) is 3.12. The molecule has 0 amide bonds. The van der Waals surface area contributed by atoms with Crippen molar-refractivity contribution >= 4 is 0 Å². The smallest absolute Gasteiger partial charge is 0.00708 e. The fourth-order valence-electron chi connectivity index (χ4n) is 2.48. The highest BCUT2D eigenvalue weighted by atomic mass is 15.0. The highest BCUT2D eigenvalue weighted by molar-refractivity contribution is 5.27. The monoisotopic (exact) mass is 259 g/mol. The molecule has 2 rings (SSSR count). The first-order chi connectivity index (χ1) is 8.86. The Bertz CT molecular complexity index is 395. The van der Waals surface area contributed by atoms with Crippen LogP contribution in [0, 0.1) is 5.92 Å². The lowest BCUT2D eigenvalue weighted by Gasteiger charge is -2.22. The Morgan fingerprint density at radius 2 is 1.68 bits per heavy atom. The molecule has 1 aliphatic rings. The van der Waals surface area contributed by atoms with Gasteiger partial charge < -0.3 is 5.32 Å². The Hall–Kier alpha value is -0.820. The molecule has 0 saturated heterocycles. The molecule has 106 valence electrons. The molecule has 1 saturated carbocycles. The molecule has 2 unspecified atom stereocenters. The molecule has 0 heterocycles. The van der Waals surface area contributed by atoms with Gasteiger partial charge in [-0.05, 0) is 48.6 Å². The van der Waals surface area contributed by atoms with Crippen molar-refractivity contribution in [1.82, 2.24) is 5.32 Å². The maximum absolute atomic E-state index is 3.71. The van der Waals surface area contributed by atoms with Gasteiger partial charge >= 0.3 is 0 Å². The molecule has 1 aromatic carbocycles. The lowest BCUT2D eigenvalue weighted by molar-refractivity contribution is 0.396. The van der Waals surface area contributed by atoms with Crippen LogP contribution in [0.2, 0.25) is 0 Å². The third-order valence-electron chi connectivity index (χ3n) is 4.31. The first-order valence-electron chi connectivity index (χ1n) is 7.72. The van der Waals surface area contributed by atoms with E-state index in [0.29, 0.717) is 12.0 Å². The van der Waals surface area contributed by atoms with E-state index in [-0.39, 0.29) is 5.41 Å². The fourth-order valence-corrected chi connectivity index (χ4v) is 2.48. The molecule has 2 atom stereocenters. The van der Waals surface area contributed by atoms with Crippen LogP contribution in [0.3, 0.4) is 0 Å². The highest BCUT2D eigenvalue weighted by Gasteiger charge is 2.25. The highest BCUT2D eigenvalue weighted by Crippen LogP contribution is 2.24. The van der Waals surface area contributed by atoms with E-state index < -0.39 is 0 Å². The standard InChI is InChI=1S/C18H29N/c1-13(14(2)19-17-10-11-17)12-15-6-8-16(9-7-15)18(3,4)5/h6-9,13-14,17,19H,10-12H2,1-5H3. The lowest BCUT2D eigenvalue weighted by Crippen LogP contribution is -2.34. The number of rotatable bonds is 5. The first kappa shape index (κ1) is 14.6. The Balaban J connectivity index is 1.91. The van der Waals surface area contributed by atoms with Crippen molar-refractivity contribution in [2.45, 2.75) is 71.4 Å². The molecule has 0 aromatic heterocycles. The SMILES string of the molecule is CC(Cc1ccc(C(C)(C)C)cc1)C(C)NC1CC1. The van der Waals surface area contributed by atoms with Crippen LogP contribution in [-0.2, 0) is 11.8 Å². The number of nitrogens with one attached hydrogen (secondary N) is 1. The van der Waals surface area contributed by atoms with Crippen LogP contribution >= 0.6 is 0 Å². The molecule has 0 bridgehead atoms. The molecule has 0 spiro atoms. The number of benzene rings is 1. The Labute approximate surface area is 118 Å². The van der Waals surface area contributed by atoms with Crippen molar-refractivity contribution < 1.29 is 0 Å². The van der Waals surface area contributed by atoms with Crippen molar-refractivity contribution in [2.75, 3.05) is 0 Å². The van der Waals surface area contributed by atoms with E-state index in [1.807, 2.05) is 0 Å². The molecule has 1 N–H and O–H groups in total. The zero-order valence-electron chi connectivity index (χ0n) is 13.2. The fraction of sp³-hybridized carbons (Fsp3) is 0.667. The lowest BCUT2D eigenvalue weighted by atomic mass is 9.85. The third kappa shape index (κ3) is 4.35. The summed E-state index contributed by atoms with van der Waals surface area (Å²) in [5.74, 6) is 0.695. The van der Waals surface area contributed by atoms with E-state index in [0.717, 1.165) is 6.04 Å². The minimum atomic E-state index is 0.255. The summed E-state index contributed by atoms with van der Waals surface area (Å²) in [6, 6.07) is 10.6. The van der Waals surface area contributed by atoms with Gasteiger partial charge in [0.25, 0.3) is 0 Å². The van der Waals surface area contributed by atoms with Gasteiger partial charge in [0.05, 0.1) is 0 Å². The second-order valence-corrected chi connectivity index (χ2v) is 7.36. The Kier molecular flexibility index (Phi) is 4.35. The molecule has 1 nitrogen and oxygen atoms in total. The van der Waals surface area contributed by atoms with Gasteiger partial charge in [-0.1, -0.05) is 52.0 Å². The summed E-state index contributed by atoms with van der Waals surface area (Å²) in [4.78, 5) is 0. The van der Waals surface area contributed by atoms with Gasteiger partial charge in [0.2, 0.25) is 0 Å². The number of hydrogen-bond donors (Lipinski definition) is 1. The minimum Gasteiger partial charge on any atom is -0.311 e. The van der Waals surface area contributed by atoms with Crippen LogP contribution in [0.1, 0.15) is 58.6 Å². The zero-order valence-corrected chi connectivity index (χ0v) is 13.2. The predicted molar refractivity (Wildman–Crippen MR) is 83.6 cm³/mol. The summed E-state index contributed by atoms with van der Waals surface area (Å²) in [6.45, 7) is 11.5. The zero-order chi connectivity index (χ0) is 14.0. The van der Waals surface area contributed by atoms with Crippen LogP contribution in [0.4, 0.5) is 0 Å². The van der Waals surface area contributed by atoms with Gasteiger partial charge in [0, 0.05) is 12.1 Å². The topological polar surface area (TPSA) is 12.0 Å². The minimum absolute atomic E-state index is 0.255. The van der Waals surface area contributed by atoms with Crippen LogP contribution < -0.4 is 5.32 Å². The van der Waals surface area contributed by atoms with Gasteiger partial charge in [-0.2, -0.15) is 0 Å².